The molecule has 6 nitrogen and oxygen atoms in total. The number of benzene rings is 2. The van der Waals surface area contributed by atoms with Gasteiger partial charge >= 0.3 is 5.97 Å². The first-order chi connectivity index (χ1) is 12.8. The number of carbonyl (C=O) groups excluding carboxylic acids is 1. The van der Waals surface area contributed by atoms with E-state index in [4.69, 9.17) is 11.6 Å². The minimum atomic E-state index is -0.738. The molecule has 1 saturated heterocycles. The van der Waals surface area contributed by atoms with Crippen molar-refractivity contribution < 1.29 is 18.8 Å². The van der Waals surface area contributed by atoms with Crippen molar-refractivity contribution in [2.75, 3.05) is 25.1 Å². The van der Waals surface area contributed by atoms with Crippen LogP contribution in [0.2, 0.25) is 5.02 Å². The second-order valence-electron chi connectivity index (χ2n) is 6.14. The third kappa shape index (κ3) is 3.77. The van der Waals surface area contributed by atoms with Crippen LogP contribution in [0, 0.1) is 15.9 Å². The van der Waals surface area contributed by atoms with Crippen LogP contribution in [-0.2, 0) is 4.74 Å². The number of hydrogen-bond acceptors (Lipinski definition) is 5. The predicted molar refractivity (Wildman–Crippen MR) is 103 cm³/mol. The third-order valence-electron chi connectivity index (χ3n) is 4.63. The summed E-state index contributed by atoms with van der Waals surface area (Å²) in [7, 11) is 1.20. The highest BCUT2D eigenvalue weighted by atomic mass is 79.9. The highest BCUT2D eigenvalue weighted by Gasteiger charge is 2.30. The van der Waals surface area contributed by atoms with Gasteiger partial charge in [-0.25, -0.2) is 9.18 Å². The monoisotopic (exact) mass is 456 g/mol. The normalized spacial score (nSPS) is 16.4. The highest BCUT2D eigenvalue weighted by molar-refractivity contribution is 9.10. The molecule has 0 aromatic heterocycles. The number of carbonyl (C=O) groups is 1. The molecule has 1 aliphatic rings. The van der Waals surface area contributed by atoms with Crippen LogP contribution in [-0.4, -0.2) is 31.1 Å². The van der Waals surface area contributed by atoms with Crippen molar-refractivity contribution in [1.29, 1.82) is 0 Å². The topological polar surface area (TPSA) is 72.7 Å². The number of anilines is 1. The van der Waals surface area contributed by atoms with Gasteiger partial charge in [0.25, 0.3) is 5.69 Å². The second kappa shape index (κ2) is 7.82. The van der Waals surface area contributed by atoms with Gasteiger partial charge in [0.05, 0.1) is 12.0 Å². The number of halogens is 3. The van der Waals surface area contributed by atoms with Gasteiger partial charge < -0.3 is 9.64 Å². The molecule has 1 aliphatic heterocycles. The van der Waals surface area contributed by atoms with E-state index >= 15 is 0 Å². The zero-order chi connectivity index (χ0) is 19.7. The Balaban J connectivity index is 1.86. The van der Waals surface area contributed by atoms with E-state index in [-0.39, 0.29) is 22.2 Å². The second-order valence-corrected chi connectivity index (χ2v) is 7.40. The van der Waals surface area contributed by atoms with Crippen LogP contribution in [0.3, 0.4) is 0 Å². The van der Waals surface area contributed by atoms with Gasteiger partial charge in [-0.1, -0.05) is 17.7 Å². The average Bonchev–Trinajstić information content (AvgIpc) is 3.11. The summed E-state index contributed by atoms with van der Waals surface area (Å²) in [5, 5.41) is 11.0. The summed E-state index contributed by atoms with van der Waals surface area (Å²) in [6.45, 7) is 1.15. The number of methoxy groups -OCH3 is 1. The SMILES string of the molecule is COC(=O)c1c(Br)ccc(C2CCN(c3ccc([N+](=O)[O-])c(Cl)c3)C2)c1F. The number of esters is 1. The van der Waals surface area contributed by atoms with E-state index in [9.17, 15) is 19.3 Å². The Kier molecular flexibility index (Phi) is 5.67. The van der Waals surface area contributed by atoms with E-state index in [2.05, 4.69) is 20.7 Å². The molecule has 1 atom stereocenters. The molecular formula is C18H15BrClFN2O4. The Hall–Kier alpha value is -2.19. The number of ether oxygens (including phenoxy) is 1. The highest BCUT2D eigenvalue weighted by Crippen LogP contribution is 2.37. The summed E-state index contributed by atoms with van der Waals surface area (Å²) in [5.74, 6) is -1.46. The lowest BCUT2D eigenvalue weighted by atomic mass is 9.95. The Morgan fingerprint density at radius 3 is 2.78 bits per heavy atom. The van der Waals surface area contributed by atoms with Gasteiger partial charge in [-0.3, -0.25) is 10.1 Å². The molecule has 27 heavy (non-hydrogen) atoms. The molecule has 1 fully saturated rings. The Bertz CT molecular complexity index is 924. The van der Waals surface area contributed by atoms with Gasteiger partial charge in [-0.15, -0.1) is 0 Å². The summed E-state index contributed by atoms with van der Waals surface area (Å²) in [6, 6.07) is 7.82. The van der Waals surface area contributed by atoms with Crippen molar-refractivity contribution in [3.63, 3.8) is 0 Å². The van der Waals surface area contributed by atoms with E-state index < -0.39 is 16.7 Å². The molecule has 9 heteroatoms. The van der Waals surface area contributed by atoms with Crippen molar-refractivity contribution in [3.05, 3.63) is 66.9 Å². The zero-order valence-electron chi connectivity index (χ0n) is 14.2. The summed E-state index contributed by atoms with van der Waals surface area (Å²) >= 11 is 9.17. The van der Waals surface area contributed by atoms with Gasteiger partial charge in [0.1, 0.15) is 16.4 Å². The third-order valence-corrected chi connectivity index (χ3v) is 5.60. The smallest absolute Gasteiger partial charge is 0.342 e. The summed E-state index contributed by atoms with van der Waals surface area (Å²) < 4.78 is 19.9. The van der Waals surface area contributed by atoms with Crippen LogP contribution in [0.5, 0.6) is 0 Å². The molecule has 0 radical (unpaired) electrons. The van der Waals surface area contributed by atoms with Gasteiger partial charge in [0.2, 0.25) is 0 Å². The van der Waals surface area contributed by atoms with E-state index in [0.717, 1.165) is 5.69 Å². The van der Waals surface area contributed by atoms with Crippen LogP contribution in [0.15, 0.2) is 34.8 Å². The van der Waals surface area contributed by atoms with E-state index in [0.29, 0.717) is 29.5 Å². The van der Waals surface area contributed by atoms with Crippen LogP contribution < -0.4 is 4.90 Å². The number of nitrogens with zero attached hydrogens (tertiary/aromatic N) is 2. The summed E-state index contributed by atoms with van der Waals surface area (Å²) in [6.07, 6.45) is 0.674. The summed E-state index contributed by atoms with van der Waals surface area (Å²) in [4.78, 5) is 24.2. The van der Waals surface area contributed by atoms with Gasteiger partial charge in [0.15, 0.2) is 0 Å². The fourth-order valence-corrected chi connectivity index (χ4v) is 3.97. The van der Waals surface area contributed by atoms with Crippen molar-refractivity contribution in [3.8, 4) is 0 Å². The fraction of sp³-hybridized carbons (Fsp3) is 0.278. The Morgan fingerprint density at radius 2 is 2.15 bits per heavy atom. The van der Waals surface area contributed by atoms with Crippen LogP contribution in [0.4, 0.5) is 15.8 Å². The molecule has 0 spiro atoms. The lowest BCUT2D eigenvalue weighted by Crippen LogP contribution is -2.19. The van der Waals surface area contributed by atoms with Crippen LogP contribution >= 0.6 is 27.5 Å². The number of hydrogen-bond donors (Lipinski definition) is 0. The maximum absolute atomic E-state index is 14.9. The zero-order valence-corrected chi connectivity index (χ0v) is 16.6. The standard InChI is InChI=1S/C18H15BrClFN2O4/c1-27-18(24)16-13(19)4-3-12(17(16)21)10-6-7-22(9-10)11-2-5-15(23(25)26)14(20)8-11/h2-5,8,10H,6-7,9H2,1H3. The van der Waals surface area contributed by atoms with Crippen molar-refractivity contribution in [2.45, 2.75) is 12.3 Å². The fourth-order valence-electron chi connectivity index (χ4n) is 3.26. The van der Waals surface area contributed by atoms with Gasteiger partial charge in [-0.05, 0) is 46.1 Å². The van der Waals surface area contributed by atoms with Gasteiger partial charge in [-0.2, -0.15) is 0 Å². The molecule has 0 saturated carbocycles. The van der Waals surface area contributed by atoms with Gasteiger partial charge in [0, 0.05) is 35.2 Å². The average molecular weight is 458 g/mol. The van der Waals surface area contributed by atoms with Crippen LogP contribution in [0.25, 0.3) is 0 Å². The van der Waals surface area contributed by atoms with Crippen molar-refractivity contribution in [2.24, 2.45) is 0 Å². The molecule has 1 unspecified atom stereocenters. The number of rotatable bonds is 4. The summed E-state index contributed by atoms with van der Waals surface area (Å²) in [5.41, 5.74) is 0.901. The molecule has 0 aliphatic carbocycles. The molecule has 142 valence electrons. The quantitative estimate of drug-likeness (QED) is 0.370. The molecule has 0 N–H and O–H groups in total. The molecule has 0 bridgehead atoms. The first-order valence-corrected chi connectivity index (χ1v) is 9.25. The Labute approximate surface area is 168 Å². The van der Waals surface area contributed by atoms with Crippen molar-refractivity contribution >= 4 is 44.9 Å². The van der Waals surface area contributed by atoms with Crippen LogP contribution in [0.1, 0.15) is 28.3 Å². The molecule has 2 aromatic carbocycles. The maximum Gasteiger partial charge on any atom is 0.342 e. The Morgan fingerprint density at radius 1 is 1.41 bits per heavy atom. The number of nitro benzene ring substituents is 1. The largest absolute Gasteiger partial charge is 0.465 e. The molecule has 2 aromatic rings. The molecule has 1 heterocycles. The molecule has 3 rings (SSSR count). The maximum atomic E-state index is 14.9. The minimum Gasteiger partial charge on any atom is -0.465 e. The first kappa shape index (κ1) is 19.6. The van der Waals surface area contributed by atoms with E-state index in [1.54, 1.807) is 24.3 Å². The molecular weight excluding hydrogens is 443 g/mol. The minimum absolute atomic E-state index is 0.0590. The molecule has 0 amide bonds. The van der Waals surface area contributed by atoms with Crippen molar-refractivity contribution in [1.82, 2.24) is 0 Å². The lowest BCUT2D eigenvalue weighted by Gasteiger charge is -2.19. The van der Waals surface area contributed by atoms with E-state index in [1.807, 2.05) is 4.90 Å². The predicted octanol–water partition coefficient (Wildman–Crippen LogP) is 4.93. The number of nitro groups is 1. The lowest BCUT2D eigenvalue weighted by molar-refractivity contribution is -0.384. The first-order valence-electron chi connectivity index (χ1n) is 8.08. The van der Waals surface area contributed by atoms with E-state index in [1.165, 1.54) is 13.2 Å².